The van der Waals surface area contributed by atoms with Gasteiger partial charge in [0.1, 0.15) is 17.8 Å². The lowest BCUT2D eigenvalue weighted by atomic mass is 9.85. The fourth-order valence-corrected chi connectivity index (χ4v) is 5.54. The van der Waals surface area contributed by atoms with Gasteiger partial charge in [-0.25, -0.2) is 4.79 Å². The van der Waals surface area contributed by atoms with Crippen LogP contribution in [-0.4, -0.2) is 85.9 Å². The maximum absolute atomic E-state index is 13.8. The van der Waals surface area contributed by atoms with Crippen molar-refractivity contribution >= 4 is 29.2 Å². The molecule has 3 aliphatic rings. The molecule has 0 radical (unpaired) electrons. The Morgan fingerprint density at radius 1 is 1.08 bits per heavy atom. The monoisotopic (exact) mass is 521 g/mol. The average molecular weight is 522 g/mol. The fraction of sp³-hybridized carbons (Fsp3) is 0.464. The number of methoxy groups -OCH3 is 1. The Kier molecular flexibility index (Phi) is 7.69. The van der Waals surface area contributed by atoms with Crippen molar-refractivity contribution in [3.05, 3.63) is 54.6 Å². The highest BCUT2D eigenvalue weighted by Crippen LogP contribution is 2.39. The summed E-state index contributed by atoms with van der Waals surface area (Å²) in [5.74, 6) is 0.466. The molecule has 10 heteroatoms. The Bertz CT molecular complexity index is 1130. The molecule has 2 aromatic rings. The summed E-state index contributed by atoms with van der Waals surface area (Å²) in [7, 11) is 1.60. The number of rotatable bonds is 7. The van der Waals surface area contributed by atoms with Crippen molar-refractivity contribution in [2.45, 2.75) is 37.3 Å². The molecule has 5 rings (SSSR count). The fourth-order valence-electron chi connectivity index (χ4n) is 5.54. The number of likely N-dealkylation sites (tertiary alicyclic amines) is 1. The number of anilines is 2. The van der Waals surface area contributed by atoms with E-state index in [9.17, 15) is 14.4 Å². The average Bonchev–Trinajstić information content (AvgIpc) is 3.56. The van der Waals surface area contributed by atoms with E-state index in [1.54, 1.807) is 41.2 Å². The molecule has 2 N–H and O–H groups in total. The van der Waals surface area contributed by atoms with Gasteiger partial charge in [-0.05, 0) is 62.1 Å². The van der Waals surface area contributed by atoms with E-state index in [1.165, 1.54) is 0 Å². The summed E-state index contributed by atoms with van der Waals surface area (Å²) in [5.41, 5.74) is 0.811. The first kappa shape index (κ1) is 25.8. The van der Waals surface area contributed by atoms with Crippen molar-refractivity contribution in [3.63, 3.8) is 0 Å². The van der Waals surface area contributed by atoms with Gasteiger partial charge in [-0.1, -0.05) is 18.2 Å². The van der Waals surface area contributed by atoms with Crippen LogP contribution >= 0.6 is 0 Å². The van der Waals surface area contributed by atoms with Gasteiger partial charge in [0, 0.05) is 37.6 Å². The quantitative estimate of drug-likeness (QED) is 0.581. The SMILES string of the molecule is COc1ccc(NC(=O)N2CCC3(CC2)C(=O)N(CC(=O)NCC2CCCO2)CN3c2ccccc2)cc1. The minimum absolute atomic E-state index is 0.00168. The first-order valence-electron chi connectivity index (χ1n) is 13.2. The minimum Gasteiger partial charge on any atom is -0.497 e. The molecule has 202 valence electrons. The Hall–Kier alpha value is -3.79. The zero-order valence-corrected chi connectivity index (χ0v) is 21.7. The van der Waals surface area contributed by atoms with Gasteiger partial charge < -0.3 is 34.8 Å². The van der Waals surface area contributed by atoms with Crippen molar-refractivity contribution in [1.82, 2.24) is 15.1 Å². The van der Waals surface area contributed by atoms with Crippen molar-refractivity contribution in [1.29, 1.82) is 0 Å². The predicted octanol–water partition coefficient (Wildman–Crippen LogP) is 2.66. The molecule has 3 aliphatic heterocycles. The first-order chi connectivity index (χ1) is 18.5. The number of hydrogen-bond donors (Lipinski definition) is 2. The van der Waals surface area contributed by atoms with Gasteiger partial charge >= 0.3 is 6.03 Å². The van der Waals surface area contributed by atoms with E-state index in [0.717, 1.165) is 25.1 Å². The van der Waals surface area contributed by atoms with Gasteiger partial charge in [-0.2, -0.15) is 0 Å². The number of urea groups is 1. The third-order valence-electron chi connectivity index (χ3n) is 7.69. The number of ether oxygens (including phenoxy) is 2. The van der Waals surface area contributed by atoms with Crippen molar-refractivity contribution < 1.29 is 23.9 Å². The second-order valence-corrected chi connectivity index (χ2v) is 10.0. The smallest absolute Gasteiger partial charge is 0.321 e. The van der Waals surface area contributed by atoms with E-state index in [0.29, 0.717) is 50.6 Å². The lowest BCUT2D eigenvalue weighted by molar-refractivity contribution is -0.137. The summed E-state index contributed by atoms with van der Waals surface area (Å²) in [5, 5.41) is 5.85. The summed E-state index contributed by atoms with van der Waals surface area (Å²) in [6.07, 6.45) is 2.95. The molecule has 3 heterocycles. The molecule has 0 bridgehead atoms. The van der Waals surface area contributed by atoms with Crippen LogP contribution in [-0.2, 0) is 14.3 Å². The second kappa shape index (κ2) is 11.3. The van der Waals surface area contributed by atoms with Crippen LogP contribution in [0.4, 0.5) is 16.2 Å². The third kappa shape index (κ3) is 5.40. The van der Waals surface area contributed by atoms with Crippen LogP contribution < -0.4 is 20.3 Å². The summed E-state index contributed by atoms with van der Waals surface area (Å²) in [6, 6.07) is 16.8. The molecule has 1 unspecified atom stereocenters. The third-order valence-corrected chi connectivity index (χ3v) is 7.69. The Morgan fingerprint density at radius 2 is 1.82 bits per heavy atom. The van der Waals surface area contributed by atoms with Crippen LogP contribution in [0, 0.1) is 0 Å². The number of piperidine rings is 1. The largest absolute Gasteiger partial charge is 0.497 e. The number of amides is 4. The van der Waals surface area contributed by atoms with E-state index in [4.69, 9.17) is 9.47 Å². The van der Waals surface area contributed by atoms with E-state index in [2.05, 4.69) is 15.5 Å². The predicted molar refractivity (Wildman–Crippen MR) is 143 cm³/mol. The molecule has 1 spiro atoms. The molecule has 3 fully saturated rings. The van der Waals surface area contributed by atoms with Gasteiger partial charge in [-0.15, -0.1) is 0 Å². The van der Waals surface area contributed by atoms with E-state index in [-0.39, 0.29) is 30.5 Å². The number of nitrogens with zero attached hydrogens (tertiary/aromatic N) is 3. The summed E-state index contributed by atoms with van der Waals surface area (Å²) < 4.78 is 10.8. The topological polar surface area (TPSA) is 103 Å². The van der Waals surface area contributed by atoms with Crippen LogP contribution in [0.5, 0.6) is 5.75 Å². The standard InChI is InChI=1S/C28H35N5O5/c1-37-23-11-9-21(10-12-23)30-27(36)31-15-13-28(14-16-31)26(35)32(20-33(28)22-6-3-2-4-7-22)19-25(34)29-18-24-8-5-17-38-24/h2-4,6-7,9-12,24H,5,8,13-20H2,1H3,(H,29,34)(H,30,36). The molecule has 10 nitrogen and oxygen atoms in total. The van der Waals surface area contributed by atoms with E-state index >= 15 is 0 Å². The molecule has 38 heavy (non-hydrogen) atoms. The van der Waals surface area contributed by atoms with Crippen molar-refractivity contribution in [3.8, 4) is 5.75 Å². The van der Waals surface area contributed by atoms with Crippen LogP contribution in [0.3, 0.4) is 0 Å². The van der Waals surface area contributed by atoms with Gasteiger partial charge in [0.25, 0.3) is 5.91 Å². The highest BCUT2D eigenvalue weighted by Gasteiger charge is 2.54. The van der Waals surface area contributed by atoms with E-state index in [1.807, 2.05) is 30.3 Å². The number of hydrogen-bond acceptors (Lipinski definition) is 6. The molecule has 3 saturated heterocycles. The molecular weight excluding hydrogens is 486 g/mol. The van der Waals surface area contributed by atoms with Gasteiger partial charge in [-0.3, -0.25) is 9.59 Å². The molecular formula is C28H35N5O5. The summed E-state index contributed by atoms with van der Waals surface area (Å²) in [6.45, 7) is 2.38. The van der Waals surface area contributed by atoms with Gasteiger partial charge in [0.05, 0.1) is 19.9 Å². The molecule has 1 atom stereocenters. The highest BCUT2D eigenvalue weighted by molar-refractivity contribution is 5.97. The molecule has 2 aromatic carbocycles. The summed E-state index contributed by atoms with van der Waals surface area (Å²) in [4.78, 5) is 45.0. The lowest BCUT2D eigenvalue weighted by Crippen LogP contribution is -2.58. The van der Waals surface area contributed by atoms with Crippen LogP contribution in [0.15, 0.2) is 54.6 Å². The molecule has 0 saturated carbocycles. The lowest BCUT2D eigenvalue weighted by Gasteiger charge is -2.43. The van der Waals surface area contributed by atoms with Crippen molar-refractivity contribution in [2.75, 3.05) is 56.8 Å². The zero-order valence-electron chi connectivity index (χ0n) is 21.7. The van der Waals surface area contributed by atoms with Crippen LogP contribution in [0.2, 0.25) is 0 Å². The normalized spacial score (nSPS) is 20.6. The number of para-hydroxylation sites is 1. The maximum Gasteiger partial charge on any atom is 0.321 e. The molecule has 4 amide bonds. The Balaban J connectivity index is 1.25. The van der Waals surface area contributed by atoms with E-state index < -0.39 is 5.54 Å². The maximum atomic E-state index is 13.8. The van der Waals surface area contributed by atoms with Gasteiger partial charge in [0.15, 0.2) is 0 Å². The second-order valence-electron chi connectivity index (χ2n) is 10.0. The van der Waals surface area contributed by atoms with Crippen LogP contribution in [0.1, 0.15) is 25.7 Å². The highest BCUT2D eigenvalue weighted by atomic mass is 16.5. The van der Waals surface area contributed by atoms with Crippen molar-refractivity contribution in [2.24, 2.45) is 0 Å². The van der Waals surface area contributed by atoms with Gasteiger partial charge in [0.2, 0.25) is 5.91 Å². The minimum atomic E-state index is -0.799. The number of benzene rings is 2. The first-order valence-corrected chi connectivity index (χ1v) is 13.2. The zero-order chi connectivity index (χ0) is 26.5. The number of nitrogens with one attached hydrogen (secondary N) is 2. The number of carbonyl (C=O) groups is 3. The van der Waals surface area contributed by atoms with Crippen LogP contribution in [0.25, 0.3) is 0 Å². The summed E-state index contributed by atoms with van der Waals surface area (Å²) >= 11 is 0. The molecule has 0 aromatic heterocycles. The Labute approximate surface area is 222 Å². The number of carbonyl (C=O) groups excluding carboxylic acids is 3. The molecule has 0 aliphatic carbocycles. The Morgan fingerprint density at radius 3 is 2.47 bits per heavy atom.